The highest BCUT2D eigenvalue weighted by Crippen LogP contribution is 2.32. The van der Waals surface area contributed by atoms with Crippen LogP contribution in [0.4, 0.5) is 5.95 Å². The summed E-state index contributed by atoms with van der Waals surface area (Å²) in [6.07, 6.45) is 5.81. The summed E-state index contributed by atoms with van der Waals surface area (Å²) in [4.78, 5) is 12.5. The first kappa shape index (κ1) is 18.3. The monoisotopic (exact) mass is 383 g/mol. The Morgan fingerprint density at radius 1 is 1.11 bits per heavy atom. The number of H-pyrrole nitrogens is 1. The molecular weight excluding hydrogens is 358 g/mol. The van der Waals surface area contributed by atoms with Gasteiger partial charge in [0, 0.05) is 40.5 Å². The number of benzene rings is 1. The normalized spacial score (nSPS) is 19.3. The molecule has 1 fully saturated rings. The molecule has 0 radical (unpaired) electrons. The van der Waals surface area contributed by atoms with Crippen LogP contribution in [0.1, 0.15) is 40.5 Å². The fraction of sp³-hybridized carbons (Fsp3) is 0.429. The summed E-state index contributed by atoms with van der Waals surface area (Å²) in [5.41, 5.74) is 3.00. The third kappa shape index (κ3) is 3.80. The van der Waals surface area contributed by atoms with Crippen LogP contribution in [0, 0.1) is 0 Å². The Kier molecular flexibility index (Phi) is 4.40. The molecule has 3 N–H and O–H groups in total. The minimum absolute atomic E-state index is 0.0740. The molecule has 0 atom stereocenters. The van der Waals surface area contributed by atoms with Gasteiger partial charge in [0.2, 0.25) is 5.95 Å². The molecule has 0 saturated carbocycles. The number of aromatic amines is 1. The molecule has 1 aliphatic heterocycles. The molecule has 1 saturated heterocycles. The van der Waals surface area contributed by atoms with Gasteiger partial charge < -0.3 is 15.6 Å². The summed E-state index contributed by atoms with van der Waals surface area (Å²) in [6.45, 7) is 8.98. The van der Waals surface area contributed by atoms with Crippen LogP contribution in [-0.2, 0) is 0 Å². The Labute approximate surface area is 165 Å². The third-order valence-corrected chi connectivity index (χ3v) is 5.43. The lowest BCUT2D eigenvalue weighted by Crippen LogP contribution is -2.60. The smallest absolute Gasteiger partial charge is 0.223 e. The zero-order valence-corrected chi connectivity index (χ0v) is 17.0. The zero-order chi connectivity index (χ0) is 19.2. The molecule has 3 heterocycles. The fourth-order valence-electron chi connectivity index (χ4n) is 4.51. The first-order valence-electron chi connectivity index (χ1n) is 9.37. The van der Waals surface area contributed by atoms with E-state index < -0.39 is 0 Å². The van der Waals surface area contributed by atoms with Crippen molar-refractivity contribution in [2.45, 2.75) is 57.7 Å². The highest BCUT2D eigenvalue weighted by Gasteiger charge is 2.37. The van der Waals surface area contributed by atoms with E-state index in [-0.39, 0.29) is 11.1 Å². The van der Waals surface area contributed by atoms with E-state index in [0.29, 0.717) is 17.0 Å². The predicted molar refractivity (Wildman–Crippen MR) is 112 cm³/mol. The molecule has 0 unspecified atom stereocenters. The molecule has 3 aromatic rings. The SMILES string of the molecule is CC1(C)CC(Nc2nccc(-c3c[nH]c4c(Cl)cccc34)n2)CC(C)(C)N1. The Morgan fingerprint density at radius 2 is 1.85 bits per heavy atom. The van der Waals surface area contributed by atoms with Crippen LogP contribution in [0.25, 0.3) is 22.2 Å². The number of nitrogens with zero attached hydrogens (tertiary/aromatic N) is 2. The van der Waals surface area contributed by atoms with Gasteiger partial charge in [-0.25, -0.2) is 9.97 Å². The van der Waals surface area contributed by atoms with Crippen molar-refractivity contribution in [3.05, 3.63) is 41.7 Å². The van der Waals surface area contributed by atoms with Gasteiger partial charge in [-0.15, -0.1) is 0 Å². The molecule has 4 rings (SSSR count). The maximum Gasteiger partial charge on any atom is 0.223 e. The minimum Gasteiger partial charge on any atom is -0.359 e. The molecule has 6 heteroatoms. The number of para-hydroxylation sites is 1. The Bertz CT molecular complexity index is 960. The summed E-state index contributed by atoms with van der Waals surface area (Å²) >= 11 is 6.29. The van der Waals surface area contributed by atoms with E-state index in [4.69, 9.17) is 16.6 Å². The molecule has 1 aliphatic rings. The molecular formula is C21H26ClN5. The van der Waals surface area contributed by atoms with Gasteiger partial charge in [0.1, 0.15) is 0 Å². The van der Waals surface area contributed by atoms with E-state index in [9.17, 15) is 0 Å². The second-order valence-electron chi connectivity index (χ2n) is 8.77. The third-order valence-electron chi connectivity index (χ3n) is 5.12. The van der Waals surface area contributed by atoms with E-state index in [1.54, 1.807) is 0 Å². The van der Waals surface area contributed by atoms with Crippen molar-refractivity contribution in [2.24, 2.45) is 0 Å². The highest BCUT2D eigenvalue weighted by atomic mass is 35.5. The van der Waals surface area contributed by atoms with E-state index in [0.717, 1.165) is 35.0 Å². The molecule has 1 aromatic carbocycles. The van der Waals surface area contributed by atoms with Crippen molar-refractivity contribution in [3.8, 4) is 11.3 Å². The van der Waals surface area contributed by atoms with Crippen LogP contribution in [0.5, 0.6) is 0 Å². The molecule has 0 amide bonds. The molecule has 142 valence electrons. The van der Waals surface area contributed by atoms with Gasteiger partial charge in [0.25, 0.3) is 0 Å². The fourth-order valence-corrected chi connectivity index (χ4v) is 4.74. The molecule has 0 bridgehead atoms. The topological polar surface area (TPSA) is 65.6 Å². The van der Waals surface area contributed by atoms with Gasteiger partial charge in [-0.1, -0.05) is 23.7 Å². The van der Waals surface area contributed by atoms with Crippen LogP contribution in [-0.4, -0.2) is 32.1 Å². The number of hydrogen-bond acceptors (Lipinski definition) is 4. The summed E-state index contributed by atoms with van der Waals surface area (Å²) in [6, 6.07) is 8.16. The quantitative estimate of drug-likeness (QED) is 0.595. The van der Waals surface area contributed by atoms with Crippen molar-refractivity contribution in [1.29, 1.82) is 0 Å². The number of rotatable bonds is 3. The summed E-state index contributed by atoms with van der Waals surface area (Å²) in [5.74, 6) is 0.669. The Hall–Kier alpha value is -2.11. The van der Waals surface area contributed by atoms with Crippen LogP contribution in [0.2, 0.25) is 5.02 Å². The number of aromatic nitrogens is 3. The maximum absolute atomic E-state index is 6.29. The lowest BCUT2D eigenvalue weighted by Gasteiger charge is -2.46. The van der Waals surface area contributed by atoms with Gasteiger partial charge in [-0.2, -0.15) is 0 Å². The number of anilines is 1. The van der Waals surface area contributed by atoms with E-state index in [1.807, 2.05) is 30.6 Å². The predicted octanol–water partition coefficient (Wildman–Crippen LogP) is 5.00. The minimum atomic E-state index is 0.0740. The number of hydrogen-bond donors (Lipinski definition) is 3. The number of nitrogens with one attached hydrogen (secondary N) is 3. The summed E-state index contributed by atoms with van der Waals surface area (Å²) in [7, 11) is 0. The molecule has 2 aromatic heterocycles. The van der Waals surface area contributed by atoms with Crippen LogP contribution in [0.3, 0.4) is 0 Å². The van der Waals surface area contributed by atoms with Gasteiger partial charge in [-0.05, 0) is 52.7 Å². The van der Waals surface area contributed by atoms with Crippen LogP contribution < -0.4 is 10.6 Å². The first-order chi connectivity index (χ1) is 12.7. The zero-order valence-electron chi connectivity index (χ0n) is 16.2. The maximum atomic E-state index is 6.29. The highest BCUT2D eigenvalue weighted by molar-refractivity contribution is 6.35. The Balaban J connectivity index is 1.62. The average molecular weight is 384 g/mol. The van der Waals surface area contributed by atoms with Gasteiger partial charge >= 0.3 is 0 Å². The standard InChI is InChI=1S/C21H26ClN5/c1-20(2)10-13(11-21(3,4)27-20)25-19-23-9-8-17(26-19)15-12-24-18-14(15)6-5-7-16(18)22/h5-9,12-13,24,27H,10-11H2,1-4H3,(H,23,25,26). The van der Waals surface area contributed by atoms with Gasteiger partial charge in [0.15, 0.2) is 0 Å². The number of halogens is 1. The second kappa shape index (κ2) is 6.50. The first-order valence-corrected chi connectivity index (χ1v) is 9.75. The number of fused-ring (bicyclic) bond motifs is 1. The largest absolute Gasteiger partial charge is 0.359 e. The van der Waals surface area contributed by atoms with E-state index in [1.165, 1.54) is 0 Å². The number of piperidine rings is 1. The lowest BCUT2D eigenvalue weighted by atomic mass is 9.80. The second-order valence-corrected chi connectivity index (χ2v) is 9.18. The van der Waals surface area contributed by atoms with Gasteiger partial charge in [-0.3, -0.25) is 0 Å². The molecule has 0 aliphatic carbocycles. The van der Waals surface area contributed by atoms with Crippen molar-refractivity contribution in [3.63, 3.8) is 0 Å². The average Bonchev–Trinajstić information content (AvgIpc) is 2.97. The van der Waals surface area contributed by atoms with Crippen molar-refractivity contribution in [2.75, 3.05) is 5.32 Å². The van der Waals surface area contributed by atoms with Crippen molar-refractivity contribution >= 4 is 28.5 Å². The lowest BCUT2D eigenvalue weighted by molar-refractivity contribution is 0.170. The van der Waals surface area contributed by atoms with E-state index in [2.05, 4.69) is 54.4 Å². The molecule has 27 heavy (non-hydrogen) atoms. The van der Waals surface area contributed by atoms with Crippen LogP contribution >= 0.6 is 11.6 Å². The van der Waals surface area contributed by atoms with Crippen molar-refractivity contribution in [1.82, 2.24) is 20.3 Å². The van der Waals surface area contributed by atoms with Gasteiger partial charge in [0.05, 0.1) is 16.2 Å². The van der Waals surface area contributed by atoms with Crippen molar-refractivity contribution < 1.29 is 0 Å². The summed E-state index contributed by atoms with van der Waals surface area (Å²) < 4.78 is 0. The molecule has 0 spiro atoms. The van der Waals surface area contributed by atoms with E-state index >= 15 is 0 Å². The summed E-state index contributed by atoms with van der Waals surface area (Å²) in [5, 5.41) is 9.04. The molecule has 5 nitrogen and oxygen atoms in total. The Morgan fingerprint density at radius 3 is 2.59 bits per heavy atom. The van der Waals surface area contributed by atoms with Crippen LogP contribution in [0.15, 0.2) is 36.7 Å².